The number of hydrogen-bond acceptors (Lipinski definition) is 6. The maximum absolute atomic E-state index is 9.10. The first-order chi connectivity index (χ1) is 13.6. The fraction of sp³-hybridized carbons (Fsp3) is 1.00. The van der Waals surface area contributed by atoms with Crippen molar-refractivity contribution in [3.05, 3.63) is 0 Å². The fourth-order valence-electron chi connectivity index (χ4n) is 2.73. The molecule has 172 valence electrons. The molecule has 6 nitrogen and oxygen atoms in total. The molecule has 0 heterocycles. The third-order valence-electron chi connectivity index (χ3n) is 4.58. The van der Waals surface area contributed by atoms with E-state index < -0.39 is 12.2 Å². The summed E-state index contributed by atoms with van der Waals surface area (Å²) in [5, 5.41) is 41.7. The van der Waals surface area contributed by atoms with E-state index in [2.05, 4.69) is 6.92 Å². The summed E-state index contributed by atoms with van der Waals surface area (Å²) in [5.74, 6) is 0. The average molecular weight is 409 g/mol. The molecular formula is C22H48O6. The van der Waals surface area contributed by atoms with Gasteiger partial charge in [-0.15, -0.1) is 0 Å². The van der Waals surface area contributed by atoms with Gasteiger partial charge in [0, 0.05) is 6.61 Å². The van der Waals surface area contributed by atoms with Crippen molar-refractivity contribution in [2.45, 2.75) is 109 Å². The van der Waals surface area contributed by atoms with Gasteiger partial charge in [-0.1, -0.05) is 90.4 Å². The predicted molar refractivity (Wildman–Crippen MR) is 114 cm³/mol. The lowest BCUT2D eigenvalue weighted by Crippen LogP contribution is -2.19. The van der Waals surface area contributed by atoms with Crippen LogP contribution in [0.1, 0.15) is 96.8 Å². The molecule has 0 aliphatic rings. The summed E-state index contributed by atoms with van der Waals surface area (Å²) in [6.45, 7) is 2.30. The minimum Gasteiger partial charge on any atom is -0.394 e. The van der Waals surface area contributed by atoms with Gasteiger partial charge in [0.15, 0.2) is 0 Å². The van der Waals surface area contributed by atoms with Crippen LogP contribution in [0.5, 0.6) is 0 Å². The first kappa shape index (κ1) is 30.0. The summed E-state index contributed by atoms with van der Waals surface area (Å²) >= 11 is 0. The maximum Gasteiger partial charge on any atom is 0.100 e. The number of ether oxygens (including phenoxy) is 1. The molecule has 0 rings (SSSR count). The van der Waals surface area contributed by atoms with E-state index in [0.29, 0.717) is 6.61 Å². The van der Waals surface area contributed by atoms with E-state index in [1.165, 1.54) is 83.5 Å². The molecule has 0 radical (unpaired) electrons. The first-order valence-corrected chi connectivity index (χ1v) is 11.4. The zero-order valence-corrected chi connectivity index (χ0v) is 18.2. The monoisotopic (exact) mass is 408 g/mol. The Labute approximate surface area is 172 Å². The average Bonchev–Trinajstić information content (AvgIpc) is 2.73. The first-order valence-electron chi connectivity index (χ1n) is 11.4. The highest BCUT2D eigenvalue weighted by molar-refractivity contribution is 4.51. The van der Waals surface area contributed by atoms with E-state index in [0.717, 1.165) is 6.42 Å². The summed E-state index contributed by atoms with van der Waals surface area (Å²) in [4.78, 5) is 0. The van der Waals surface area contributed by atoms with Gasteiger partial charge in [-0.25, -0.2) is 0 Å². The van der Waals surface area contributed by atoms with Crippen LogP contribution in [0.2, 0.25) is 0 Å². The van der Waals surface area contributed by atoms with Crippen LogP contribution in [0.15, 0.2) is 0 Å². The number of aliphatic hydroxyl groups is 5. The van der Waals surface area contributed by atoms with Crippen molar-refractivity contribution in [1.82, 2.24) is 0 Å². The van der Waals surface area contributed by atoms with Crippen molar-refractivity contribution in [2.75, 3.05) is 33.0 Å². The Morgan fingerprint density at radius 1 is 0.536 bits per heavy atom. The van der Waals surface area contributed by atoms with Gasteiger partial charge >= 0.3 is 0 Å². The summed E-state index contributed by atoms with van der Waals surface area (Å²) < 4.78 is 5.28. The normalized spacial score (nSPS) is 12.1. The molecule has 0 amide bonds. The number of aliphatic hydroxyl groups excluding tert-OH is 5. The van der Waals surface area contributed by atoms with Gasteiger partial charge < -0.3 is 30.3 Å². The Morgan fingerprint density at radius 3 is 1.21 bits per heavy atom. The van der Waals surface area contributed by atoms with Gasteiger partial charge in [0.05, 0.1) is 26.4 Å². The molecule has 28 heavy (non-hydrogen) atoms. The second-order valence-electron chi connectivity index (χ2n) is 7.53. The second kappa shape index (κ2) is 26.8. The standard InChI is InChI=1S/C19H40O3.C3H8O3/c1-2-3-4-5-6-7-8-9-10-11-12-13-14-15-16-22-18-19(21)17-20;4-1-3(6)2-5/h19-21H,2-18H2,1H3;3-6H,1-2H2. The molecule has 0 bridgehead atoms. The Morgan fingerprint density at radius 2 is 0.893 bits per heavy atom. The van der Waals surface area contributed by atoms with Crippen molar-refractivity contribution in [2.24, 2.45) is 0 Å². The summed E-state index contributed by atoms with van der Waals surface area (Å²) in [6, 6.07) is 0. The molecule has 0 aliphatic carbocycles. The number of rotatable bonds is 20. The maximum atomic E-state index is 9.10. The van der Waals surface area contributed by atoms with E-state index in [1.807, 2.05) is 0 Å². The van der Waals surface area contributed by atoms with E-state index in [-0.39, 0.29) is 26.4 Å². The second-order valence-corrected chi connectivity index (χ2v) is 7.53. The van der Waals surface area contributed by atoms with Crippen molar-refractivity contribution >= 4 is 0 Å². The van der Waals surface area contributed by atoms with Gasteiger partial charge in [0.1, 0.15) is 12.2 Å². The Kier molecular flexibility index (Phi) is 28.6. The molecule has 0 saturated heterocycles. The highest BCUT2D eigenvalue weighted by Crippen LogP contribution is 2.12. The summed E-state index contributed by atoms with van der Waals surface area (Å²) in [7, 11) is 0. The largest absolute Gasteiger partial charge is 0.394 e. The van der Waals surface area contributed by atoms with Gasteiger partial charge in [-0.2, -0.15) is 0 Å². The fourth-order valence-corrected chi connectivity index (χ4v) is 2.73. The smallest absolute Gasteiger partial charge is 0.100 e. The zero-order valence-electron chi connectivity index (χ0n) is 18.2. The number of hydrogen-bond donors (Lipinski definition) is 5. The summed E-state index contributed by atoms with van der Waals surface area (Å²) in [6.07, 6.45) is 17.3. The molecule has 0 saturated carbocycles. The van der Waals surface area contributed by atoms with Crippen molar-refractivity contribution in [1.29, 1.82) is 0 Å². The molecular weight excluding hydrogens is 360 g/mol. The van der Waals surface area contributed by atoms with E-state index >= 15 is 0 Å². The van der Waals surface area contributed by atoms with E-state index in [9.17, 15) is 0 Å². The molecule has 1 atom stereocenters. The molecule has 0 fully saturated rings. The Bertz CT molecular complexity index is 261. The Balaban J connectivity index is 0. The predicted octanol–water partition coefficient (Wildman–Crippen LogP) is 3.17. The van der Waals surface area contributed by atoms with Gasteiger partial charge in [-0.3, -0.25) is 0 Å². The van der Waals surface area contributed by atoms with Crippen molar-refractivity contribution in [3.63, 3.8) is 0 Å². The van der Waals surface area contributed by atoms with Crippen LogP contribution in [-0.4, -0.2) is 70.8 Å². The highest BCUT2D eigenvalue weighted by atomic mass is 16.5. The SMILES string of the molecule is CCCCCCCCCCCCCCCCOCC(O)CO.OCC(O)CO. The third-order valence-corrected chi connectivity index (χ3v) is 4.58. The minimum atomic E-state index is -0.954. The molecule has 5 N–H and O–H groups in total. The minimum absolute atomic E-state index is 0.210. The lowest BCUT2D eigenvalue weighted by molar-refractivity contribution is 0.00526. The van der Waals surface area contributed by atoms with Gasteiger partial charge in [0.25, 0.3) is 0 Å². The van der Waals surface area contributed by atoms with Crippen LogP contribution < -0.4 is 0 Å². The van der Waals surface area contributed by atoms with Crippen LogP contribution in [0.25, 0.3) is 0 Å². The molecule has 0 aromatic rings. The summed E-state index contributed by atoms with van der Waals surface area (Å²) in [5.41, 5.74) is 0. The zero-order chi connectivity index (χ0) is 21.3. The van der Waals surface area contributed by atoms with E-state index in [4.69, 9.17) is 30.3 Å². The van der Waals surface area contributed by atoms with Crippen LogP contribution >= 0.6 is 0 Å². The molecule has 6 heteroatoms. The molecule has 0 aromatic carbocycles. The van der Waals surface area contributed by atoms with Crippen LogP contribution in [0.4, 0.5) is 0 Å². The van der Waals surface area contributed by atoms with Gasteiger partial charge in [0.2, 0.25) is 0 Å². The molecule has 0 spiro atoms. The molecule has 0 aliphatic heterocycles. The van der Waals surface area contributed by atoms with E-state index in [1.54, 1.807) is 0 Å². The topological polar surface area (TPSA) is 110 Å². The third kappa shape index (κ3) is 28.0. The van der Waals surface area contributed by atoms with Gasteiger partial charge in [-0.05, 0) is 6.42 Å². The molecule has 1 unspecified atom stereocenters. The van der Waals surface area contributed by atoms with Crippen molar-refractivity contribution < 1.29 is 30.3 Å². The highest BCUT2D eigenvalue weighted by Gasteiger charge is 2.00. The quantitative estimate of drug-likeness (QED) is 0.198. The molecule has 0 aromatic heterocycles. The van der Waals surface area contributed by atoms with Crippen molar-refractivity contribution in [3.8, 4) is 0 Å². The van der Waals surface area contributed by atoms with Crippen LogP contribution in [0.3, 0.4) is 0 Å². The Hall–Kier alpha value is -0.240. The lowest BCUT2D eigenvalue weighted by Gasteiger charge is -2.08. The number of unbranched alkanes of at least 4 members (excludes halogenated alkanes) is 13. The lowest BCUT2D eigenvalue weighted by atomic mass is 10.0. The van der Waals surface area contributed by atoms with Crippen LogP contribution in [-0.2, 0) is 4.74 Å². The van der Waals surface area contributed by atoms with Crippen LogP contribution in [0, 0.1) is 0 Å².